The molecule has 0 saturated heterocycles. The van der Waals surface area contributed by atoms with E-state index < -0.39 is 22.3 Å². The number of aromatic carboxylic acids is 1. The van der Waals surface area contributed by atoms with Gasteiger partial charge in [-0.3, -0.25) is 10.1 Å². The van der Waals surface area contributed by atoms with Gasteiger partial charge in [0.05, 0.1) is 4.92 Å². The van der Waals surface area contributed by atoms with E-state index in [-0.39, 0.29) is 11.5 Å². The van der Waals surface area contributed by atoms with Crippen LogP contribution in [0.4, 0.5) is 5.69 Å². The van der Waals surface area contributed by atoms with Gasteiger partial charge in [-0.2, -0.15) is 10.4 Å². The van der Waals surface area contributed by atoms with Gasteiger partial charge in [0.2, 0.25) is 5.69 Å². The van der Waals surface area contributed by atoms with Crippen molar-refractivity contribution in [2.45, 2.75) is 0 Å². The van der Waals surface area contributed by atoms with E-state index in [9.17, 15) is 14.9 Å². The largest absolute Gasteiger partial charge is 0.476 e. The number of hydrogen-bond donors (Lipinski definition) is 1. The Balaban J connectivity index is 2.57. The molecule has 0 amide bonds. The number of aromatic nitrogens is 3. The van der Waals surface area contributed by atoms with Gasteiger partial charge in [-0.1, -0.05) is 6.07 Å². The van der Waals surface area contributed by atoms with E-state index in [0.717, 1.165) is 10.9 Å². The van der Waals surface area contributed by atoms with Gasteiger partial charge in [-0.15, -0.1) is 0 Å². The Labute approximate surface area is 105 Å². The van der Waals surface area contributed by atoms with Crippen molar-refractivity contribution in [1.82, 2.24) is 14.8 Å². The van der Waals surface area contributed by atoms with E-state index in [4.69, 9.17) is 10.4 Å². The lowest BCUT2D eigenvalue weighted by Crippen LogP contribution is -2.04. The Morgan fingerprint density at radius 2 is 2.26 bits per heavy atom. The highest BCUT2D eigenvalue weighted by atomic mass is 16.6. The molecule has 0 aliphatic heterocycles. The first-order valence-corrected chi connectivity index (χ1v) is 4.88. The van der Waals surface area contributed by atoms with Crippen LogP contribution in [0.1, 0.15) is 16.2 Å². The summed E-state index contributed by atoms with van der Waals surface area (Å²) in [5, 5.41) is 31.8. The third kappa shape index (κ3) is 2.22. The van der Waals surface area contributed by atoms with Crippen molar-refractivity contribution in [2.75, 3.05) is 0 Å². The Hall–Kier alpha value is -3.28. The summed E-state index contributed by atoms with van der Waals surface area (Å²) in [6.07, 6.45) is 0.937. The van der Waals surface area contributed by atoms with Crippen LogP contribution in [0.15, 0.2) is 24.4 Å². The molecule has 0 aliphatic rings. The van der Waals surface area contributed by atoms with Crippen LogP contribution in [0.25, 0.3) is 5.82 Å². The Morgan fingerprint density at radius 3 is 2.79 bits per heavy atom. The van der Waals surface area contributed by atoms with E-state index in [1.54, 1.807) is 6.07 Å². The highest BCUT2D eigenvalue weighted by Gasteiger charge is 2.25. The molecular formula is C10H5N5O4. The van der Waals surface area contributed by atoms with E-state index in [1.807, 2.05) is 0 Å². The summed E-state index contributed by atoms with van der Waals surface area (Å²) in [5.41, 5.74) is -1.24. The van der Waals surface area contributed by atoms with Crippen LogP contribution in [0.3, 0.4) is 0 Å². The normalized spacial score (nSPS) is 9.84. The molecule has 0 saturated carbocycles. The average Bonchev–Trinajstić information content (AvgIpc) is 2.84. The number of carbonyl (C=O) groups is 1. The van der Waals surface area contributed by atoms with Crippen LogP contribution in [-0.4, -0.2) is 30.8 Å². The van der Waals surface area contributed by atoms with Crippen LogP contribution in [0.5, 0.6) is 0 Å². The zero-order valence-corrected chi connectivity index (χ0v) is 9.22. The van der Waals surface area contributed by atoms with Crippen molar-refractivity contribution in [1.29, 1.82) is 5.26 Å². The smallest absolute Gasteiger partial charge is 0.363 e. The first-order valence-electron chi connectivity index (χ1n) is 4.88. The van der Waals surface area contributed by atoms with Crippen molar-refractivity contribution in [2.24, 2.45) is 0 Å². The topological polar surface area (TPSA) is 135 Å². The van der Waals surface area contributed by atoms with Crippen LogP contribution >= 0.6 is 0 Å². The molecule has 0 spiro atoms. The minimum atomic E-state index is -1.51. The summed E-state index contributed by atoms with van der Waals surface area (Å²) in [6, 6.07) is 6.20. The van der Waals surface area contributed by atoms with Gasteiger partial charge in [0.25, 0.3) is 0 Å². The monoisotopic (exact) mass is 259 g/mol. The SMILES string of the molecule is N#Cc1cccc(-n2cc([N+](=O)[O-])c(C(=O)O)n2)n1. The molecule has 0 radical (unpaired) electrons. The lowest BCUT2D eigenvalue weighted by Gasteiger charge is -1.98. The summed E-state index contributed by atoms with van der Waals surface area (Å²) < 4.78 is 0.947. The van der Waals surface area contributed by atoms with Crippen LogP contribution in [0.2, 0.25) is 0 Å². The summed E-state index contributed by atoms with van der Waals surface area (Å²) >= 11 is 0. The number of nitro groups is 1. The van der Waals surface area contributed by atoms with E-state index in [0.29, 0.717) is 0 Å². The maximum absolute atomic E-state index is 10.8. The molecule has 0 aromatic carbocycles. The third-order valence-electron chi connectivity index (χ3n) is 2.18. The second-order valence-electron chi connectivity index (χ2n) is 3.36. The van der Waals surface area contributed by atoms with E-state index in [1.165, 1.54) is 18.2 Å². The van der Waals surface area contributed by atoms with Gasteiger partial charge < -0.3 is 5.11 Å². The highest BCUT2D eigenvalue weighted by Crippen LogP contribution is 2.18. The van der Waals surface area contributed by atoms with Gasteiger partial charge in [0, 0.05) is 0 Å². The molecule has 9 heteroatoms. The molecule has 0 fully saturated rings. The van der Waals surface area contributed by atoms with Crippen molar-refractivity contribution < 1.29 is 14.8 Å². The van der Waals surface area contributed by atoms with E-state index >= 15 is 0 Å². The molecular weight excluding hydrogens is 254 g/mol. The molecule has 0 aliphatic carbocycles. The fourth-order valence-electron chi connectivity index (χ4n) is 1.38. The van der Waals surface area contributed by atoms with Gasteiger partial charge in [-0.05, 0) is 12.1 Å². The zero-order valence-electron chi connectivity index (χ0n) is 9.22. The molecule has 19 heavy (non-hydrogen) atoms. The molecule has 2 aromatic heterocycles. The molecule has 94 valence electrons. The van der Waals surface area contributed by atoms with E-state index in [2.05, 4.69) is 10.1 Å². The fourth-order valence-corrected chi connectivity index (χ4v) is 1.38. The second-order valence-corrected chi connectivity index (χ2v) is 3.36. The minimum Gasteiger partial charge on any atom is -0.476 e. The number of hydrogen-bond acceptors (Lipinski definition) is 6. The standard InChI is InChI=1S/C10H5N5O4/c11-4-6-2-1-3-8(12-6)14-5-7(15(18)19)9(13-14)10(16)17/h1-3,5H,(H,16,17). The zero-order chi connectivity index (χ0) is 14.0. The average molecular weight is 259 g/mol. The summed E-state index contributed by atoms with van der Waals surface area (Å²) in [4.78, 5) is 24.6. The lowest BCUT2D eigenvalue weighted by atomic mass is 10.3. The molecule has 9 nitrogen and oxygen atoms in total. The quantitative estimate of drug-likeness (QED) is 0.634. The molecule has 2 rings (SSSR count). The van der Waals surface area contributed by atoms with Gasteiger partial charge in [0.15, 0.2) is 5.82 Å². The van der Waals surface area contributed by atoms with Crippen molar-refractivity contribution in [3.8, 4) is 11.9 Å². The van der Waals surface area contributed by atoms with Crippen molar-refractivity contribution >= 4 is 11.7 Å². The maximum atomic E-state index is 10.8. The minimum absolute atomic E-state index is 0.0903. The Kier molecular flexibility index (Phi) is 2.91. The number of carboxylic acid groups (broad SMARTS) is 1. The highest BCUT2D eigenvalue weighted by molar-refractivity contribution is 5.89. The number of nitriles is 1. The molecule has 0 bridgehead atoms. The Morgan fingerprint density at radius 1 is 1.53 bits per heavy atom. The predicted octanol–water partition coefficient (Wildman–Crippen LogP) is 0.745. The number of pyridine rings is 1. The summed E-state index contributed by atoms with van der Waals surface area (Å²) in [5.74, 6) is -1.39. The van der Waals surface area contributed by atoms with Crippen LogP contribution in [0, 0.1) is 21.4 Å². The third-order valence-corrected chi connectivity index (χ3v) is 2.18. The first-order chi connectivity index (χ1) is 9.02. The number of carboxylic acids is 1. The number of rotatable bonds is 3. The maximum Gasteiger partial charge on any atom is 0.363 e. The summed E-state index contributed by atoms with van der Waals surface area (Å²) in [6.45, 7) is 0. The fraction of sp³-hybridized carbons (Fsp3) is 0. The molecule has 2 aromatic rings. The van der Waals surface area contributed by atoms with Crippen LogP contribution in [-0.2, 0) is 0 Å². The van der Waals surface area contributed by atoms with Crippen molar-refractivity contribution in [3.63, 3.8) is 0 Å². The van der Waals surface area contributed by atoms with Crippen LogP contribution < -0.4 is 0 Å². The summed E-state index contributed by atoms with van der Waals surface area (Å²) in [7, 11) is 0. The molecule has 2 heterocycles. The molecule has 1 N–H and O–H groups in total. The van der Waals surface area contributed by atoms with Crippen molar-refractivity contribution in [3.05, 3.63) is 45.9 Å². The second kappa shape index (κ2) is 4.53. The first kappa shape index (κ1) is 12.2. The molecule has 0 unspecified atom stereocenters. The Bertz CT molecular complexity index is 683. The number of nitrogens with zero attached hydrogens (tertiary/aromatic N) is 5. The van der Waals surface area contributed by atoms with Gasteiger partial charge in [-0.25, -0.2) is 14.5 Å². The van der Waals surface area contributed by atoms with Gasteiger partial charge >= 0.3 is 11.7 Å². The van der Waals surface area contributed by atoms with Gasteiger partial charge in [0.1, 0.15) is 18.0 Å². The predicted molar refractivity (Wildman–Crippen MR) is 59.7 cm³/mol. The molecule has 0 atom stereocenters. The lowest BCUT2D eigenvalue weighted by molar-refractivity contribution is -0.385.